The van der Waals surface area contributed by atoms with Gasteiger partial charge in [-0.3, -0.25) is 5.43 Å². The lowest BCUT2D eigenvalue weighted by Crippen LogP contribution is -1.88. The molecule has 0 aliphatic carbocycles. The van der Waals surface area contributed by atoms with Crippen LogP contribution in [0.4, 0.5) is 11.4 Å². The van der Waals surface area contributed by atoms with Crippen LogP contribution < -0.4 is 5.43 Å². The summed E-state index contributed by atoms with van der Waals surface area (Å²) in [6, 6.07) is 6.00. The van der Waals surface area contributed by atoms with Crippen molar-refractivity contribution < 1.29 is 0 Å². The van der Waals surface area contributed by atoms with E-state index in [1.807, 2.05) is 0 Å². The Balaban J connectivity index is 2.20. The van der Waals surface area contributed by atoms with E-state index in [1.54, 1.807) is 0 Å². The van der Waals surface area contributed by atoms with Gasteiger partial charge in [-0.05, 0) is 24.3 Å². The van der Waals surface area contributed by atoms with E-state index in [-0.39, 0.29) is 0 Å². The van der Waals surface area contributed by atoms with Crippen molar-refractivity contribution in [2.75, 3.05) is 5.43 Å². The fourth-order valence-corrected chi connectivity index (χ4v) is 2.50. The lowest BCUT2D eigenvalue weighted by atomic mass is 10.3. The van der Waals surface area contributed by atoms with Gasteiger partial charge in [-0.1, -0.05) is 74.8 Å². The SMILES string of the molecule is Clc1cc(Cl)c(N=NNc2cc(Cl)c(Cl)cc2Cl)cc1Cl. The number of benzene rings is 2. The maximum absolute atomic E-state index is 5.99. The maximum Gasteiger partial charge on any atom is 0.108 e. The van der Waals surface area contributed by atoms with E-state index in [0.29, 0.717) is 41.5 Å². The van der Waals surface area contributed by atoms with Crippen LogP contribution in [0.15, 0.2) is 34.6 Å². The van der Waals surface area contributed by atoms with Crippen molar-refractivity contribution >= 4 is 81.0 Å². The second-order valence-corrected chi connectivity index (χ2v) is 6.22. The van der Waals surface area contributed by atoms with Crippen LogP contribution in [0.2, 0.25) is 30.1 Å². The molecule has 0 aliphatic heterocycles. The lowest BCUT2D eigenvalue weighted by Gasteiger charge is -2.05. The van der Waals surface area contributed by atoms with Gasteiger partial charge in [0.25, 0.3) is 0 Å². The molecule has 0 saturated carbocycles. The smallest absolute Gasteiger partial charge is 0.108 e. The number of nitrogens with one attached hydrogen (secondary N) is 1. The Morgan fingerprint density at radius 2 is 1.14 bits per heavy atom. The minimum Gasteiger partial charge on any atom is -0.258 e. The summed E-state index contributed by atoms with van der Waals surface area (Å²) in [4.78, 5) is 0. The van der Waals surface area contributed by atoms with Crippen LogP contribution in [0, 0.1) is 0 Å². The highest BCUT2D eigenvalue weighted by Gasteiger charge is 2.07. The number of rotatable bonds is 3. The predicted molar refractivity (Wildman–Crippen MR) is 91.1 cm³/mol. The minimum atomic E-state index is 0.315. The van der Waals surface area contributed by atoms with Crippen molar-refractivity contribution in [1.29, 1.82) is 0 Å². The Morgan fingerprint density at radius 3 is 1.81 bits per heavy atom. The van der Waals surface area contributed by atoms with Gasteiger partial charge in [-0.25, -0.2) is 0 Å². The molecular weight excluding hydrogens is 399 g/mol. The molecule has 0 heterocycles. The molecule has 2 aromatic carbocycles. The van der Waals surface area contributed by atoms with Crippen LogP contribution >= 0.6 is 69.6 Å². The predicted octanol–water partition coefficient (Wildman–Crippen LogP) is 7.72. The molecule has 0 aliphatic rings. The first-order chi connectivity index (χ1) is 9.88. The number of hydrogen-bond donors (Lipinski definition) is 1. The zero-order valence-corrected chi connectivity index (χ0v) is 14.5. The molecule has 2 rings (SSSR count). The third-order valence-electron chi connectivity index (χ3n) is 2.33. The van der Waals surface area contributed by atoms with Gasteiger partial charge in [-0.15, -0.1) is 5.11 Å². The molecule has 0 atom stereocenters. The van der Waals surface area contributed by atoms with Crippen molar-refractivity contribution in [2.45, 2.75) is 0 Å². The summed E-state index contributed by atoms with van der Waals surface area (Å²) in [5, 5.41) is 9.68. The summed E-state index contributed by atoms with van der Waals surface area (Å²) in [7, 11) is 0. The fourth-order valence-electron chi connectivity index (χ4n) is 1.33. The Hall–Kier alpha value is -0.420. The molecule has 1 N–H and O–H groups in total. The molecule has 2 aromatic rings. The van der Waals surface area contributed by atoms with Gasteiger partial charge in [0.2, 0.25) is 0 Å². The van der Waals surface area contributed by atoms with Crippen LogP contribution in [0.5, 0.6) is 0 Å². The fraction of sp³-hybridized carbons (Fsp3) is 0. The van der Waals surface area contributed by atoms with E-state index in [2.05, 4.69) is 15.8 Å². The van der Waals surface area contributed by atoms with Gasteiger partial charge in [0.1, 0.15) is 5.69 Å². The molecule has 9 heteroatoms. The topological polar surface area (TPSA) is 36.8 Å². The summed E-state index contributed by atoms with van der Waals surface area (Å²) in [6.07, 6.45) is 0. The summed E-state index contributed by atoms with van der Waals surface area (Å²) >= 11 is 35.4. The van der Waals surface area contributed by atoms with Crippen molar-refractivity contribution in [1.82, 2.24) is 0 Å². The average Bonchev–Trinajstić information content (AvgIpc) is 2.41. The van der Waals surface area contributed by atoms with E-state index in [4.69, 9.17) is 69.6 Å². The largest absolute Gasteiger partial charge is 0.258 e. The van der Waals surface area contributed by atoms with Crippen LogP contribution in [-0.4, -0.2) is 0 Å². The summed E-state index contributed by atoms with van der Waals surface area (Å²) < 4.78 is 0. The van der Waals surface area contributed by atoms with Gasteiger partial charge < -0.3 is 0 Å². The van der Waals surface area contributed by atoms with E-state index >= 15 is 0 Å². The summed E-state index contributed by atoms with van der Waals surface area (Å²) in [5.74, 6) is 0. The average molecular weight is 404 g/mol. The molecule has 21 heavy (non-hydrogen) atoms. The van der Waals surface area contributed by atoms with Crippen LogP contribution in [0.3, 0.4) is 0 Å². The number of hydrogen-bond acceptors (Lipinski definition) is 2. The first kappa shape index (κ1) is 16.9. The van der Waals surface area contributed by atoms with Crippen molar-refractivity contribution in [2.24, 2.45) is 10.3 Å². The van der Waals surface area contributed by atoms with Crippen LogP contribution in [-0.2, 0) is 0 Å². The molecular formula is C12H5Cl6N3. The van der Waals surface area contributed by atoms with Gasteiger partial charge in [0.05, 0.1) is 35.8 Å². The molecule has 110 valence electrons. The highest BCUT2D eigenvalue weighted by Crippen LogP contribution is 2.35. The Bertz CT molecular complexity index is 717. The van der Waals surface area contributed by atoms with Crippen LogP contribution in [0.25, 0.3) is 0 Å². The first-order valence-corrected chi connectivity index (χ1v) is 7.61. The summed E-state index contributed by atoms with van der Waals surface area (Å²) in [5.41, 5.74) is 3.45. The van der Waals surface area contributed by atoms with Crippen molar-refractivity contribution in [3.05, 3.63) is 54.4 Å². The van der Waals surface area contributed by atoms with Gasteiger partial charge in [-0.2, -0.15) is 0 Å². The maximum atomic E-state index is 5.99. The van der Waals surface area contributed by atoms with Crippen LogP contribution in [0.1, 0.15) is 0 Å². The number of halogens is 6. The molecule has 3 nitrogen and oxygen atoms in total. The molecule has 0 bridgehead atoms. The Labute approximate surface area is 150 Å². The minimum absolute atomic E-state index is 0.315. The second-order valence-electron chi connectivity index (χ2n) is 3.78. The first-order valence-electron chi connectivity index (χ1n) is 5.34. The normalized spacial score (nSPS) is 11.1. The molecule has 0 saturated heterocycles. The van der Waals surface area contributed by atoms with Crippen molar-refractivity contribution in [3.8, 4) is 0 Å². The second kappa shape index (κ2) is 7.23. The zero-order chi connectivity index (χ0) is 15.6. The molecule has 0 radical (unpaired) electrons. The highest BCUT2D eigenvalue weighted by atomic mass is 35.5. The molecule has 0 spiro atoms. The van der Waals surface area contributed by atoms with E-state index in [9.17, 15) is 0 Å². The lowest BCUT2D eigenvalue weighted by molar-refractivity contribution is 1.13. The molecule has 0 amide bonds. The van der Waals surface area contributed by atoms with Gasteiger partial charge in [0.15, 0.2) is 0 Å². The quantitative estimate of drug-likeness (QED) is 0.318. The Morgan fingerprint density at radius 1 is 0.619 bits per heavy atom. The number of anilines is 1. The van der Waals surface area contributed by atoms with E-state index < -0.39 is 0 Å². The molecule has 0 aromatic heterocycles. The van der Waals surface area contributed by atoms with E-state index in [1.165, 1.54) is 24.3 Å². The molecule has 0 unspecified atom stereocenters. The Kier molecular flexibility index (Phi) is 5.83. The van der Waals surface area contributed by atoms with E-state index in [0.717, 1.165) is 0 Å². The zero-order valence-electron chi connectivity index (χ0n) is 9.97. The number of nitrogens with zero attached hydrogens (tertiary/aromatic N) is 2. The van der Waals surface area contributed by atoms with Gasteiger partial charge >= 0.3 is 0 Å². The summed E-state index contributed by atoms with van der Waals surface area (Å²) in [6.45, 7) is 0. The standard InChI is InChI=1S/C12H5Cl6N3/c13-5-1-9(17)11(3-7(5)15)19-21-20-12-4-8(16)6(14)2-10(12)18/h1-4H,(H,19,20). The third-order valence-corrected chi connectivity index (χ3v) is 4.39. The monoisotopic (exact) mass is 401 g/mol. The van der Waals surface area contributed by atoms with Crippen molar-refractivity contribution in [3.63, 3.8) is 0 Å². The highest BCUT2D eigenvalue weighted by molar-refractivity contribution is 6.44. The molecule has 0 fully saturated rings. The third kappa shape index (κ3) is 4.28. The van der Waals surface area contributed by atoms with Gasteiger partial charge in [0, 0.05) is 0 Å².